The highest BCUT2D eigenvalue weighted by atomic mass is 16.5. The fourth-order valence-corrected chi connectivity index (χ4v) is 3.98. The van der Waals surface area contributed by atoms with E-state index in [0.717, 1.165) is 42.1 Å². The van der Waals surface area contributed by atoms with Crippen molar-refractivity contribution in [1.29, 1.82) is 0 Å². The number of nitrogens with one attached hydrogen (secondary N) is 1. The van der Waals surface area contributed by atoms with Crippen molar-refractivity contribution >= 4 is 5.91 Å². The molecule has 4 rings (SSSR count). The number of amides is 1. The number of rotatable bonds is 9. The molecule has 1 N–H and O–H groups in total. The van der Waals surface area contributed by atoms with Crippen LogP contribution in [-0.2, 0) is 37.3 Å². The molecule has 0 aliphatic carbocycles. The summed E-state index contributed by atoms with van der Waals surface area (Å²) in [6.45, 7) is 4.01. The van der Waals surface area contributed by atoms with Crippen LogP contribution in [0.5, 0.6) is 5.75 Å². The molecule has 1 aromatic carbocycles. The molecule has 0 spiro atoms. The van der Waals surface area contributed by atoms with E-state index in [1.165, 1.54) is 5.56 Å². The zero-order valence-corrected chi connectivity index (χ0v) is 18.6. The Balaban J connectivity index is 1.51. The largest absolute Gasteiger partial charge is 0.497 e. The summed E-state index contributed by atoms with van der Waals surface area (Å²) in [4.78, 5) is 19.5. The van der Waals surface area contributed by atoms with Crippen LogP contribution in [0.2, 0.25) is 0 Å². The minimum absolute atomic E-state index is 0.160. The van der Waals surface area contributed by atoms with Crippen molar-refractivity contribution < 1.29 is 14.3 Å². The van der Waals surface area contributed by atoms with Gasteiger partial charge in [-0.25, -0.2) is 0 Å². The van der Waals surface area contributed by atoms with Gasteiger partial charge in [0.15, 0.2) is 5.69 Å². The third kappa shape index (κ3) is 5.15. The van der Waals surface area contributed by atoms with Gasteiger partial charge in [0.2, 0.25) is 0 Å². The average molecular weight is 436 g/mol. The summed E-state index contributed by atoms with van der Waals surface area (Å²) in [6.07, 6.45) is 4.32. The fourth-order valence-electron chi connectivity index (χ4n) is 3.98. The van der Waals surface area contributed by atoms with Crippen LogP contribution >= 0.6 is 0 Å². The standard InChI is InChI=1S/C24H29N5O3/c1-31-13-12-29-22-9-11-28(16-18-5-7-20(32-2)8-6-18)17-21(22)23(27-29)24(30)26-15-19-4-3-10-25-14-19/h3-8,10,14H,9,11-13,15-17H2,1-2H3,(H,26,30). The van der Waals surface area contributed by atoms with Crippen LogP contribution in [0.3, 0.4) is 0 Å². The molecule has 0 fully saturated rings. The number of benzene rings is 1. The molecule has 0 atom stereocenters. The Labute approximate surface area is 188 Å². The van der Waals surface area contributed by atoms with Crippen molar-refractivity contribution in [3.63, 3.8) is 0 Å². The lowest BCUT2D eigenvalue weighted by Crippen LogP contribution is -2.32. The summed E-state index contributed by atoms with van der Waals surface area (Å²) in [6, 6.07) is 11.9. The molecule has 0 unspecified atom stereocenters. The molecule has 0 saturated heterocycles. The van der Waals surface area contributed by atoms with Crippen LogP contribution < -0.4 is 10.1 Å². The maximum Gasteiger partial charge on any atom is 0.272 e. The number of carbonyl (C=O) groups is 1. The number of nitrogens with zero attached hydrogens (tertiary/aromatic N) is 4. The average Bonchev–Trinajstić information content (AvgIpc) is 3.20. The maximum atomic E-state index is 13.0. The fraction of sp³-hybridized carbons (Fsp3) is 0.375. The summed E-state index contributed by atoms with van der Waals surface area (Å²) in [7, 11) is 3.34. The molecular weight excluding hydrogens is 406 g/mol. The molecule has 3 heterocycles. The van der Waals surface area contributed by atoms with Gasteiger partial charge in [0, 0.05) is 63.4 Å². The summed E-state index contributed by atoms with van der Waals surface area (Å²) >= 11 is 0. The van der Waals surface area contributed by atoms with Crippen LogP contribution in [0.1, 0.15) is 32.9 Å². The first-order valence-corrected chi connectivity index (χ1v) is 10.8. The number of carbonyl (C=O) groups excluding carboxylic acids is 1. The van der Waals surface area contributed by atoms with Crippen molar-refractivity contribution in [3.8, 4) is 5.75 Å². The van der Waals surface area contributed by atoms with Crippen molar-refractivity contribution in [2.45, 2.75) is 32.6 Å². The van der Waals surface area contributed by atoms with Gasteiger partial charge in [-0.3, -0.25) is 19.4 Å². The van der Waals surface area contributed by atoms with E-state index in [1.807, 2.05) is 28.9 Å². The Morgan fingerprint density at radius 1 is 1.16 bits per heavy atom. The van der Waals surface area contributed by atoms with E-state index in [-0.39, 0.29) is 5.91 Å². The van der Waals surface area contributed by atoms with Crippen LogP contribution in [0.25, 0.3) is 0 Å². The monoisotopic (exact) mass is 435 g/mol. The van der Waals surface area contributed by atoms with Crippen molar-refractivity contribution in [2.75, 3.05) is 27.4 Å². The normalized spacial score (nSPS) is 13.6. The van der Waals surface area contributed by atoms with Gasteiger partial charge in [-0.15, -0.1) is 0 Å². The molecule has 0 saturated carbocycles. The van der Waals surface area contributed by atoms with Gasteiger partial charge >= 0.3 is 0 Å². The minimum atomic E-state index is -0.160. The highest BCUT2D eigenvalue weighted by Crippen LogP contribution is 2.25. The minimum Gasteiger partial charge on any atom is -0.497 e. The summed E-state index contributed by atoms with van der Waals surface area (Å²) < 4.78 is 12.4. The van der Waals surface area contributed by atoms with Crippen LogP contribution in [0.4, 0.5) is 0 Å². The molecule has 32 heavy (non-hydrogen) atoms. The highest BCUT2D eigenvalue weighted by Gasteiger charge is 2.28. The van der Waals surface area contributed by atoms with E-state index >= 15 is 0 Å². The quantitative estimate of drug-likeness (QED) is 0.556. The number of hydrogen-bond donors (Lipinski definition) is 1. The zero-order chi connectivity index (χ0) is 22.3. The van der Waals surface area contributed by atoms with Gasteiger partial charge in [-0.2, -0.15) is 5.10 Å². The number of methoxy groups -OCH3 is 2. The lowest BCUT2D eigenvalue weighted by Gasteiger charge is -2.27. The smallest absolute Gasteiger partial charge is 0.272 e. The molecular formula is C24H29N5O3. The third-order valence-corrected chi connectivity index (χ3v) is 5.68. The van der Waals surface area contributed by atoms with Crippen LogP contribution in [0.15, 0.2) is 48.8 Å². The highest BCUT2D eigenvalue weighted by molar-refractivity contribution is 5.94. The first kappa shape index (κ1) is 22.0. The molecule has 8 heteroatoms. The Hall–Kier alpha value is -3.23. The van der Waals surface area contributed by atoms with Crippen LogP contribution in [-0.4, -0.2) is 52.9 Å². The van der Waals surface area contributed by atoms with Gasteiger partial charge in [-0.1, -0.05) is 18.2 Å². The summed E-state index contributed by atoms with van der Waals surface area (Å²) in [5.41, 5.74) is 4.79. The summed E-state index contributed by atoms with van der Waals surface area (Å²) in [5, 5.41) is 7.67. The molecule has 3 aromatic rings. The molecule has 1 aliphatic heterocycles. The Morgan fingerprint density at radius 3 is 2.72 bits per heavy atom. The topological polar surface area (TPSA) is 81.5 Å². The molecule has 168 valence electrons. The second kappa shape index (κ2) is 10.4. The first-order chi connectivity index (χ1) is 15.7. The molecule has 1 amide bonds. The van der Waals surface area contributed by atoms with Gasteiger partial charge in [0.05, 0.1) is 20.3 Å². The molecule has 0 radical (unpaired) electrons. The number of hydrogen-bond acceptors (Lipinski definition) is 6. The number of fused-ring (bicyclic) bond motifs is 1. The lowest BCUT2D eigenvalue weighted by atomic mass is 10.0. The molecule has 2 aromatic heterocycles. The van der Waals surface area contributed by atoms with Crippen LogP contribution in [0, 0.1) is 0 Å². The van der Waals surface area contributed by atoms with E-state index in [0.29, 0.717) is 31.9 Å². The predicted octanol–water partition coefficient (Wildman–Crippen LogP) is 2.42. The lowest BCUT2D eigenvalue weighted by molar-refractivity contribution is 0.0942. The Kier molecular flexibility index (Phi) is 7.14. The maximum absolute atomic E-state index is 13.0. The van der Waals surface area contributed by atoms with Crippen molar-refractivity contribution in [2.24, 2.45) is 0 Å². The second-order valence-corrected chi connectivity index (χ2v) is 7.84. The van der Waals surface area contributed by atoms with Gasteiger partial charge in [-0.05, 0) is 29.3 Å². The van der Waals surface area contributed by atoms with Crippen molar-refractivity contribution in [3.05, 3.63) is 76.9 Å². The first-order valence-electron chi connectivity index (χ1n) is 10.8. The Morgan fingerprint density at radius 2 is 2.00 bits per heavy atom. The van der Waals surface area contributed by atoms with E-state index in [4.69, 9.17) is 9.47 Å². The second-order valence-electron chi connectivity index (χ2n) is 7.84. The number of ether oxygens (including phenoxy) is 2. The van der Waals surface area contributed by atoms with Gasteiger partial charge in [0.25, 0.3) is 5.91 Å². The van der Waals surface area contributed by atoms with Gasteiger partial charge < -0.3 is 14.8 Å². The molecule has 8 nitrogen and oxygen atoms in total. The van der Waals surface area contributed by atoms with E-state index in [1.54, 1.807) is 26.6 Å². The molecule has 0 bridgehead atoms. The van der Waals surface area contributed by atoms with Gasteiger partial charge in [0.1, 0.15) is 5.75 Å². The third-order valence-electron chi connectivity index (χ3n) is 5.68. The predicted molar refractivity (Wildman–Crippen MR) is 120 cm³/mol. The van der Waals surface area contributed by atoms with E-state index in [9.17, 15) is 4.79 Å². The SMILES string of the molecule is COCCn1nc(C(=O)NCc2cccnc2)c2c1CCN(Cc1ccc(OC)cc1)C2. The number of pyridine rings is 1. The number of aromatic nitrogens is 3. The Bertz CT molecular complexity index is 1030. The van der Waals surface area contributed by atoms with Crippen molar-refractivity contribution in [1.82, 2.24) is 25.0 Å². The van der Waals surface area contributed by atoms with E-state index in [2.05, 4.69) is 32.4 Å². The zero-order valence-electron chi connectivity index (χ0n) is 18.6. The summed E-state index contributed by atoms with van der Waals surface area (Å²) in [5.74, 6) is 0.689. The molecule has 1 aliphatic rings. The van der Waals surface area contributed by atoms with E-state index < -0.39 is 0 Å².